The third-order valence-corrected chi connectivity index (χ3v) is 3.25. The van der Waals surface area contributed by atoms with Crippen molar-refractivity contribution in [2.75, 3.05) is 10.6 Å². The van der Waals surface area contributed by atoms with E-state index >= 15 is 0 Å². The van der Waals surface area contributed by atoms with E-state index in [9.17, 15) is 4.79 Å². The van der Waals surface area contributed by atoms with E-state index in [-0.39, 0.29) is 6.03 Å². The molecule has 0 bridgehead atoms. The smallest absolute Gasteiger partial charge is 0.323 e. The van der Waals surface area contributed by atoms with Gasteiger partial charge in [-0.1, -0.05) is 18.2 Å². The van der Waals surface area contributed by atoms with Crippen molar-refractivity contribution >= 4 is 28.4 Å². The van der Waals surface area contributed by atoms with Crippen LogP contribution in [0.3, 0.4) is 0 Å². The van der Waals surface area contributed by atoms with Gasteiger partial charge >= 0.3 is 6.03 Å². The van der Waals surface area contributed by atoms with E-state index in [2.05, 4.69) is 20.6 Å². The molecular formula is C16H16N4O. The summed E-state index contributed by atoms with van der Waals surface area (Å²) in [6.45, 7) is 3.85. The van der Waals surface area contributed by atoms with Crippen LogP contribution in [0.4, 0.5) is 16.2 Å². The van der Waals surface area contributed by atoms with Gasteiger partial charge in [-0.05, 0) is 43.7 Å². The summed E-state index contributed by atoms with van der Waals surface area (Å²) in [6, 6.07) is 13.0. The molecule has 5 nitrogen and oxygen atoms in total. The van der Waals surface area contributed by atoms with E-state index in [1.165, 1.54) is 0 Å². The number of aryl methyl sites for hydroxylation is 2. The molecule has 0 spiro atoms. The zero-order valence-electron chi connectivity index (χ0n) is 11.9. The fourth-order valence-corrected chi connectivity index (χ4v) is 2.21. The fourth-order valence-electron chi connectivity index (χ4n) is 2.21. The topological polar surface area (TPSA) is 69.8 Å². The Morgan fingerprint density at radius 3 is 2.71 bits per heavy atom. The molecule has 3 N–H and O–H groups in total. The monoisotopic (exact) mass is 280 g/mol. The molecule has 0 aliphatic rings. The van der Waals surface area contributed by atoms with Crippen LogP contribution in [0.15, 0.2) is 42.5 Å². The quantitative estimate of drug-likeness (QED) is 0.667. The van der Waals surface area contributed by atoms with E-state index in [1.54, 1.807) is 0 Å². The van der Waals surface area contributed by atoms with Crippen LogP contribution in [0.5, 0.6) is 0 Å². The van der Waals surface area contributed by atoms with Gasteiger partial charge in [-0.3, -0.25) is 0 Å². The lowest BCUT2D eigenvalue weighted by Gasteiger charge is -2.09. The Hall–Kier alpha value is -2.82. The highest BCUT2D eigenvalue weighted by Crippen LogP contribution is 2.18. The largest absolute Gasteiger partial charge is 0.342 e. The predicted molar refractivity (Wildman–Crippen MR) is 84.7 cm³/mol. The van der Waals surface area contributed by atoms with Crippen molar-refractivity contribution in [3.8, 4) is 0 Å². The number of rotatable bonds is 2. The SMILES string of the molecule is Cc1nc2ccc(NC(=O)Nc3ccccc3C)cc2[nH]1. The molecule has 0 aliphatic carbocycles. The van der Waals surface area contributed by atoms with Gasteiger partial charge in [0.25, 0.3) is 0 Å². The highest BCUT2D eigenvalue weighted by atomic mass is 16.2. The molecule has 2 amide bonds. The zero-order chi connectivity index (χ0) is 14.8. The summed E-state index contributed by atoms with van der Waals surface area (Å²) in [6.07, 6.45) is 0. The highest BCUT2D eigenvalue weighted by molar-refractivity contribution is 6.01. The maximum absolute atomic E-state index is 12.0. The number of nitrogens with zero attached hydrogens (tertiary/aromatic N) is 1. The Morgan fingerprint density at radius 1 is 1.10 bits per heavy atom. The van der Waals surface area contributed by atoms with E-state index < -0.39 is 0 Å². The summed E-state index contributed by atoms with van der Waals surface area (Å²) < 4.78 is 0. The van der Waals surface area contributed by atoms with Crippen LogP contribution in [-0.4, -0.2) is 16.0 Å². The molecule has 2 aromatic carbocycles. The number of urea groups is 1. The molecular weight excluding hydrogens is 264 g/mol. The second-order valence-corrected chi connectivity index (χ2v) is 4.95. The molecule has 106 valence electrons. The van der Waals surface area contributed by atoms with E-state index in [1.807, 2.05) is 56.3 Å². The summed E-state index contributed by atoms with van der Waals surface area (Å²) >= 11 is 0. The van der Waals surface area contributed by atoms with Crippen molar-refractivity contribution in [3.63, 3.8) is 0 Å². The minimum Gasteiger partial charge on any atom is -0.342 e. The van der Waals surface area contributed by atoms with E-state index in [4.69, 9.17) is 0 Å². The van der Waals surface area contributed by atoms with Gasteiger partial charge in [-0.25, -0.2) is 9.78 Å². The molecule has 0 fully saturated rings. The number of benzene rings is 2. The van der Waals surface area contributed by atoms with Crippen LogP contribution in [0.1, 0.15) is 11.4 Å². The lowest BCUT2D eigenvalue weighted by Crippen LogP contribution is -2.19. The molecule has 21 heavy (non-hydrogen) atoms. The first-order chi connectivity index (χ1) is 10.1. The minimum absolute atomic E-state index is 0.264. The molecule has 0 saturated carbocycles. The maximum Gasteiger partial charge on any atom is 0.323 e. The number of carbonyl (C=O) groups excluding carboxylic acids is 1. The second-order valence-electron chi connectivity index (χ2n) is 4.95. The third kappa shape index (κ3) is 2.86. The number of amides is 2. The molecule has 0 aliphatic heterocycles. The van der Waals surface area contributed by atoms with Crippen LogP contribution in [0.2, 0.25) is 0 Å². The van der Waals surface area contributed by atoms with Gasteiger partial charge in [0.1, 0.15) is 5.82 Å². The van der Waals surface area contributed by atoms with Crippen LogP contribution in [-0.2, 0) is 0 Å². The van der Waals surface area contributed by atoms with Gasteiger partial charge in [-0.15, -0.1) is 0 Å². The number of aromatic amines is 1. The van der Waals surface area contributed by atoms with Gasteiger partial charge in [0.05, 0.1) is 11.0 Å². The number of H-pyrrole nitrogens is 1. The van der Waals surface area contributed by atoms with Crippen molar-refractivity contribution in [1.29, 1.82) is 0 Å². The summed E-state index contributed by atoms with van der Waals surface area (Å²) in [7, 11) is 0. The second kappa shape index (κ2) is 5.28. The number of carbonyl (C=O) groups is 1. The van der Waals surface area contributed by atoms with Gasteiger partial charge < -0.3 is 15.6 Å². The summed E-state index contributed by atoms with van der Waals surface area (Å²) in [4.78, 5) is 19.5. The standard InChI is InChI=1S/C16H16N4O/c1-10-5-3-4-6-13(10)20-16(21)19-12-7-8-14-15(9-12)18-11(2)17-14/h3-9H,1-2H3,(H,17,18)(H2,19,20,21). The predicted octanol–water partition coefficient (Wildman–Crippen LogP) is 3.82. The number of para-hydroxylation sites is 1. The van der Waals surface area contributed by atoms with Crippen LogP contribution in [0.25, 0.3) is 11.0 Å². The first-order valence-corrected chi connectivity index (χ1v) is 6.72. The molecule has 1 aromatic heterocycles. The van der Waals surface area contributed by atoms with Crippen LogP contribution >= 0.6 is 0 Å². The Morgan fingerprint density at radius 2 is 1.90 bits per heavy atom. The van der Waals surface area contributed by atoms with E-state index in [0.29, 0.717) is 0 Å². The molecule has 5 heteroatoms. The number of imidazole rings is 1. The molecule has 3 aromatic rings. The molecule has 1 heterocycles. The third-order valence-electron chi connectivity index (χ3n) is 3.25. The minimum atomic E-state index is -0.264. The fraction of sp³-hybridized carbons (Fsp3) is 0.125. The number of anilines is 2. The van der Waals surface area contributed by atoms with Gasteiger partial charge in [-0.2, -0.15) is 0 Å². The van der Waals surface area contributed by atoms with Gasteiger partial charge in [0.2, 0.25) is 0 Å². The Kier molecular flexibility index (Phi) is 3.31. The lowest BCUT2D eigenvalue weighted by atomic mass is 10.2. The maximum atomic E-state index is 12.0. The van der Waals surface area contributed by atoms with Crippen molar-refractivity contribution in [2.24, 2.45) is 0 Å². The Bertz CT molecular complexity index is 807. The van der Waals surface area contributed by atoms with Gasteiger partial charge in [0, 0.05) is 11.4 Å². The molecule has 0 atom stereocenters. The summed E-state index contributed by atoms with van der Waals surface area (Å²) in [5.74, 6) is 0.853. The van der Waals surface area contributed by atoms with Crippen molar-refractivity contribution in [1.82, 2.24) is 9.97 Å². The van der Waals surface area contributed by atoms with E-state index in [0.717, 1.165) is 33.8 Å². The average Bonchev–Trinajstić information content (AvgIpc) is 2.80. The zero-order valence-corrected chi connectivity index (χ0v) is 11.9. The normalized spacial score (nSPS) is 10.6. The Labute approximate surface area is 122 Å². The highest BCUT2D eigenvalue weighted by Gasteiger charge is 2.06. The summed E-state index contributed by atoms with van der Waals surface area (Å²) in [5.41, 5.74) is 4.33. The number of aromatic nitrogens is 2. The van der Waals surface area contributed by atoms with Crippen molar-refractivity contribution in [3.05, 3.63) is 53.9 Å². The molecule has 0 unspecified atom stereocenters. The first-order valence-electron chi connectivity index (χ1n) is 6.72. The lowest BCUT2D eigenvalue weighted by molar-refractivity contribution is 0.262. The van der Waals surface area contributed by atoms with Crippen LogP contribution in [0, 0.1) is 13.8 Å². The number of nitrogens with one attached hydrogen (secondary N) is 3. The van der Waals surface area contributed by atoms with Crippen molar-refractivity contribution < 1.29 is 4.79 Å². The average molecular weight is 280 g/mol. The Balaban J connectivity index is 1.75. The number of hydrogen-bond acceptors (Lipinski definition) is 2. The summed E-state index contributed by atoms with van der Waals surface area (Å²) in [5, 5.41) is 5.66. The van der Waals surface area contributed by atoms with Crippen LogP contribution < -0.4 is 10.6 Å². The molecule has 0 radical (unpaired) electrons. The van der Waals surface area contributed by atoms with Crippen molar-refractivity contribution in [2.45, 2.75) is 13.8 Å². The number of hydrogen-bond donors (Lipinski definition) is 3. The number of fused-ring (bicyclic) bond motifs is 1. The molecule has 0 saturated heterocycles. The first kappa shape index (κ1) is 13.2. The van der Waals surface area contributed by atoms with Gasteiger partial charge in [0.15, 0.2) is 0 Å². The molecule has 3 rings (SSSR count).